The second-order valence-corrected chi connectivity index (χ2v) is 11.6. The molecule has 3 amide bonds. The van der Waals surface area contributed by atoms with Gasteiger partial charge in [0.25, 0.3) is 0 Å². The maximum absolute atomic E-state index is 13.5. The summed E-state index contributed by atoms with van der Waals surface area (Å²) < 4.78 is 5.69. The van der Waals surface area contributed by atoms with Crippen LogP contribution in [0.15, 0.2) is 78.9 Å². The molecule has 9 heteroatoms. The first kappa shape index (κ1) is 31.2. The number of piperidine rings is 2. The van der Waals surface area contributed by atoms with Gasteiger partial charge in [-0.25, -0.2) is 14.8 Å². The normalized spacial score (nSPS) is 16.3. The second kappa shape index (κ2) is 15.5. The maximum atomic E-state index is 13.5. The molecule has 2 heterocycles. The quantitative estimate of drug-likeness (QED) is 0.318. The summed E-state index contributed by atoms with van der Waals surface area (Å²) in [6.45, 7) is 4.50. The summed E-state index contributed by atoms with van der Waals surface area (Å²) in [5.41, 5.74) is 10.4. The molecule has 0 saturated carbocycles. The first-order chi connectivity index (χ1) is 21.5. The summed E-state index contributed by atoms with van der Waals surface area (Å²) in [6, 6.07) is 26.1. The Morgan fingerprint density at radius 1 is 0.818 bits per heavy atom. The van der Waals surface area contributed by atoms with Crippen molar-refractivity contribution in [3.63, 3.8) is 0 Å². The number of primary amides is 1. The number of para-hydroxylation sites is 1. The summed E-state index contributed by atoms with van der Waals surface area (Å²) in [5, 5.41) is 6.65. The Kier molecular flexibility index (Phi) is 11.0. The molecule has 0 spiro atoms. The fourth-order valence-electron chi connectivity index (χ4n) is 5.94. The average Bonchev–Trinajstić information content (AvgIpc) is 3.06. The van der Waals surface area contributed by atoms with Crippen molar-refractivity contribution in [3.05, 3.63) is 90.0 Å². The van der Waals surface area contributed by atoms with Gasteiger partial charge in [0, 0.05) is 37.7 Å². The zero-order valence-corrected chi connectivity index (χ0v) is 25.3. The second-order valence-electron chi connectivity index (χ2n) is 11.6. The van der Waals surface area contributed by atoms with Gasteiger partial charge in [-0.05, 0) is 61.5 Å². The van der Waals surface area contributed by atoms with Crippen molar-refractivity contribution in [1.29, 1.82) is 0 Å². The minimum absolute atomic E-state index is 0.00606. The number of hydrogen-bond acceptors (Lipinski definition) is 6. The van der Waals surface area contributed by atoms with E-state index >= 15 is 0 Å². The molecular weight excluding hydrogens is 554 g/mol. The molecule has 0 unspecified atom stereocenters. The van der Waals surface area contributed by atoms with Crippen molar-refractivity contribution in [2.24, 2.45) is 11.7 Å². The highest BCUT2D eigenvalue weighted by Gasteiger charge is 2.28. The fourth-order valence-corrected chi connectivity index (χ4v) is 5.94. The van der Waals surface area contributed by atoms with Crippen molar-refractivity contribution in [1.82, 2.24) is 15.2 Å². The van der Waals surface area contributed by atoms with Crippen LogP contribution in [0.5, 0.6) is 0 Å². The molecule has 0 radical (unpaired) electrons. The number of hydrogen-bond donors (Lipinski definition) is 2. The van der Waals surface area contributed by atoms with Gasteiger partial charge in [0.1, 0.15) is 6.61 Å². The van der Waals surface area contributed by atoms with Crippen molar-refractivity contribution in [2.45, 2.75) is 51.6 Å². The van der Waals surface area contributed by atoms with E-state index in [-0.39, 0.29) is 30.8 Å². The molecule has 0 atom stereocenters. The number of amides is 3. The van der Waals surface area contributed by atoms with Gasteiger partial charge in [0.15, 0.2) is 0 Å². The molecule has 2 fully saturated rings. The van der Waals surface area contributed by atoms with Crippen LogP contribution in [0.25, 0.3) is 11.1 Å². The topological polar surface area (TPSA) is 108 Å². The molecule has 2 aliphatic heterocycles. The van der Waals surface area contributed by atoms with Crippen LogP contribution < -0.4 is 16.1 Å². The van der Waals surface area contributed by atoms with E-state index in [0.29, 0.717) is 6.54 Å². The van der Waals surface area contributed by atoms with E-state index in [4.69, 9.17) is 10.5 Å². The molecule has 0 bridgehead atoms. The number of rotatable bonds is 11. The molecule has 0 aliphatic carbocycles. The molecule has 0 aromatic heterocycles. The van der Waals surface area contributed by atoms with Crippen LogP contribution in [0.3, 0.4) is 0 Å². The molecule has 3 aromatic rings. The van der Waals surface area contributed by atoms with Gasteiger partial charge in [-0.2, -0.15) is 0 Å². The number of likely N-dealkylation sites (tertiary alicyclic amines) is 1. The fraction of sp³-hybridized carbons (Fsp3) is 0.400. The molecule has 44 heavy (non-hydrogen) atoms. The van der Waals surface area contributed by atoms with Gasteiger partial charge in [-0.15, -0.1) is 0 Å². The summed E-state index contributed by atoms with van der Waals surface area (Å²) in [4.78, 5) is 39.9. The zero-order chi connectivity index (χ0) is 30.7. The number of benzene rings is 3. The Bertz CT molecular complexity index is 1380. The molecule has 2 saturated heterocycles. The number of ether oxygens (including phenoxy) is 1. The van der Waals surface area contributed by atoms with Crippen LogP contribution in [-0.2, 0) is 27.4 Å². The average molecular weight is 598 g/mol. The monoisotopic (exact) mass is 597 g/mol. The lowest BCUT2D eigenvalue weighted by atomic mass is 9.96. The molecule has 3 N–H and O–H groups in total. The SMILES string of the molecule is NC(=O)C1CCN(Cc2ccc(CNC(=O)CCOC(=O)N(c3ccccc3-c3ccccc3)N3CCCCC3)cc2)CC1. The van der Waals surface area contributed by atoms with Crippen LogP contribution in [0.2, 0.25) is 0 Å². The molecule has 232 valence electrons. The lowest BCUT2D eigenvalue weighted by Gasteiger charge is -2.37. The number of hydrazine groups is 1. The Hall–Kier alpha value is -4.21. The maximum Gasteiger partial charge on any atom is 0.429 e. The first-order valence-corrected chi connectivity index (χ1v) is 15.7. The number of nitrogens with two attached hydrogens (primary N) is 1. The van der Waals surface area contributed by atoms with E-state index in [2.05, 4.69) is 27.4 Å². The lowest BCUT2D eigenvalue weighted by molar-refractivity contribution is -0.123. The van der Waals surface area contributed by atoms with Gasteiger partial charge in [-0.1, -0.05) is 79.2 Å². The van der Waals surface area contributed by atoms with E-state index in [1.54, 1.807) is 5.01 Å². The van der Waals surface area contributed by atoms with Crippen molar-refractivity contribution >= 4 is 23.6 Å². The predicted molar refractivity (Wildman–Crippen MR) is 171 cm³/mol. The number of nitrogens with zero attached hydrogens (tertiary/aromatic N) is 3. The number of carbonyl (C=O) groups excluding carboxylic acids is 3. The summed E-state index contributed by atoms with van der Waals surface area (Å²) in [7, 11) is 0. The number of nitrogens with one attached hydrogen (secondary N) is 1. The van der Waals surface area contributed by atoms with Crippen molar-refractivity contribution < 1.29 is 19.1 Å². The third kappa shape index (κ3) is 8.45. The summed E-state index contributed by atoms with van der Waals surface area (Å²) in [5.74, 6) is -0.377. The third-order valence-corrected chi connectivity index (χ3v) is 8.47. The number of anilines is 1. The largest absolute Gasteiger partial charge is 0.448 e. The highest BCUT2D eigenvalue weighted by molar-refractivity contribution is 5.93. The minimum atomic E-state index is -0.475. The van der Waals surface area contributed by atoms with Crippen molar-refractivity contribution in [3.8, 4) is 11.1 Å². The smallest absolute Gasteiger partial charge is 0.429 e. The van der Waals surface area contributed by atoms with Gasteiger partial charge >= 0.3 is 6.09 Å². The Morgan fingerprint density at radius 2 is 1.48 bits per heavy atom. The zero-order valence-electron chi connectivity index (χ0n) is 25.3. The highest BCUT2D eigenvalue weighted by atomic mass is 16.6. The van der Waals surface area contributed by atoms with E-state index in [9.17, 15) is 14.4 Å². The van der Waals surface area contributed by atoms with Crippen LogP contribution in [-0.4, -0.2) is 60.6 Å². The van der Waals surface area contributed by atoms with Crippen LogP contribution in [0, 0.1) is 5.92 Å². The van der Waals surface area contributed by atoms with Gasteiger partial charge < -0.3 is 15.8 Å². The van der Waals surface area contributed by atoms with E-state index in [0.717, 1.165) is 87.2 Å². The molecular formula is C35H43N5O4. The highest BCUT2D eigenvalue weighted by Crippen LogP contribution is 2.33. The third-order valence-electron chi connectivity index (χ3n) is 8.47. The summed E-state index contributed by atoms with van der Waals surface area (Å²) in [6.07, 6.45) is 4.39. The summed E-state index contributed by atoms with van der Waals surface area (Å²) >= 11 is 0. The minimum Gasteiger partial charge on any atom is -0.448 e. The van der Waals surface area contributed by atoms with Gasteiger partial charge in [-0.3, -0.25) is 14.5 Å². The number of carbonyl (C=O) groups is 3. The molecule has 3 aromatic carbocycles. The molecule has 2 aliphatic rings. The Labute approximate surface area is 259 Å². The van der Waals surface area contributed by atoms with E-state index < -0.39 is 6.09 Å². The Morgan fingerprint density at radius 3 is 2.18 bits per heavy atom. The predicted octanol–water partition coefficient (Wildman–Crippen LogP) is 5.10. The lowest BCUT2D eigenvalue weighted by Crippen LogP contribution is -2.49. The van der Waals surface area contributed by atoms with Gasteiger partial charge in [0.05, 0.1) is 12.1 Å². The van der Waals surface area contributed by atoms with Crippen LogP contribution in [0.1, 0.15) is 49.7 Å². The first-order valence-electron chi connectivity index (χ1n) is 15.7. The van der Waals surface area contributed by atoms with Crippen LogP contribution >= 0.6 is 0 Å². The Balaban J connectivity index is 1.11. The van der Waals surface area contributed by atoms with E-state index in [1.807, 2.05) is 66.7 Å². The van der Waals surface area contributed by atoms with Gasteiger partial charge in [0.2, 0.25) is 11.8 Å². The van der Waals surface area contributed by atoms with Crippen molar-refractivity contribution in [2.75, 3.05) is 37.8 Å². The standard InChI is InChI=1S/C35H43N5O4/c36-34(42)30-17-22-38(23-18-30)26-28-15-13-27(14-16-28)25-37-33(41)19-24-44-35(43)40(39-20-7-2-8-21-39)32-12-6-5-11-31(32)29-9-3-1-4-10-29/h1,3-6,9-16,30H,2,7-8,17-26H2,(H2,36,42)(H,37,41). The molecule has 5 rings (SSSR count). The molecule has 9 nitrogen and oxygen atoms in total. The van der Waals surface area contributed by atoms with Crippen LogP contribution in [0.4, 0.5) is 10.5 Å². The van der Waals surface area contributed by atoms with E-state index in [1.165, 1.54) is 5.56 Å².